The molecule has 194 valence electrons. The average Bonchev–Trinajstić information content (AvgIpc) is 3.44. The third-order valence-electron chi connectivity index (χ3n) is 8.79. The topological polar surface area (TPSA) is 60.9 Å². The van der Waals surface area contributed by atoms with E-state index in [2.05, 4.69) is 0 Å². The third-order valence-corrected chi connectivity index (χ3v) is 8.79. The number of hydrogen-bond donors (Lipinski definition) is 0. The molecule has 2 saturated heterocycles. The van der Waals surface area contributed by atoms with Crippen molar-refractivity contribution in [2.45, 2.75) is 70.1 Å². The van der Waals surface area contributed by atoms with Crippen molar-refractivity contribution in [3.8, 4) is 0 Å². The number of halogens is 1. The van der Waals surface area contributed by atoms with E-state index >= 15 is 0 Å². The Bertz CT molecular complexity index is 1230. The Morgan fingerprint density at radius 3 is 2.51 bits per heavy atom. The molecule has 37 heavy (non-hydrogen) atoms. The predicted octanol–water partition coefficient (Wildman–Crippen LogP) is 4.20. The van der Waals surface area contributed by atoms with E-state index in [0.717, 1.165) is 30.4 Å². The van der Waals surface area contributed by atoms with E-state index in [4.69, 9.17) is 0 Å². The highest BCUT2D eigenvalue weighted by Crippen LogP contribution is 2.49. The lowest BCUT2D eigenvalue weighted by atomic mass is 9.90. The normalized spacial score (nSPS) is 27.4. The van der Waals surface area contributed by atoms with Gasteiger partial charge in [0.15, 0.2) is 0 Å². The summed E-state index contributed by atoms with van der Waals surface area (Å²) >= 11 is 0. The van der Waals surface area contributed by atoms with Crippen LogP contribution in [0.15, 0.2) is 48.5 Å². The van der Waals surface area contributed by atoms with Crippen LogP contribution in [0.2, 0.25) is 0 Å². The van der Waals surface area contributed by atoms with Crippen LogP contribution in [0, 0.1) is 17.7 Å². The molecule has 2 aromatic carbocycles. The summed E-state index contributed by atoms with van der Waals surface area (Å²) in [6.45, 7) is 5.65. The largest absolute Gasteiger partial charge is 0.340 e. The second-order valence-corrected chi connectivity index (χ2v) is 11.5. The first-order valence-electron chi connectivity index (χ1n) is 13.6. The molecule has 3 heterocycles. The number of carbonyl (C=O) groups is 3. The Morgan fingerprint density at radius 2 is 1.78 bits per heavy atom. The summed E-state index contributed by atoms with van der Waals surface area (Å²) in [4.78, 5) is 46.7. The number of carbonyl (C=O) groups excluding carboxylic acids is 3. The van der Waals surface area contributed by atoms with Gasteiger partial charge >= 0.3 is 0 Å². The quantitative estimate of drug-likeness (QED) is 0.615. The zero-order chi connectivity index (χ0) is 25.8. The van der Waals surface area contributed by atoms with Crippen LogP contribution in [0.3, 0.4) is 0 Å². The number of hydrogen-bond acceptors (Lipinski definition) is 3. The predicted molar refractivity (Wildman–Crippen MR) is 137 cm³/mol. The lowest BCUT2D eigenvalue weighted by Crippen LogP contribution is -2.57. The molecular formula is C30H34FN3O3. The first-order valence-corrected chi connectivity index (χ1v) is 13.6. The molecule has 4 aliphatic rings. The highest BCUT2D eigenvalue weighted by atomic mass is 19.1. The Balaban J connectivity index is 1.21. The van der Waals surface area contributed by atoms with E-state index in [1.807, 2.05) is 60.0 Å². The summed E-state index contributed by atoms with van der Waals surface area (Å²) < 4.78 is 13.4. The van der Waals surface area contributed by atoms with Crippen molar-refractivity contribution in [1.82, 2.24) is 14.7 Å². The number of likely N-dealkylation sites (tertiary alicyclic amines) is 2. The maximum atomic E-state index is 14.1. The molecule has 3 aliphatic heterocycles. The molecule has 7 heteroatoms. The number of amides is 3. The van der Waals surface area contributed by atoms with Crippen LogP contribution in [0.25, 0.3) is 0 Å². The molecule has 6 rings (SSSR count). The molecular weight excluding hydrogens is 469 g/mol. The molecule has 0 N–H and O–H groups in total. The average molecular weight is 504 g/mol. The van der Waals surface area contributed by atoms with Gasteiger partial charge in [-0.2, -0.15) is 0 Å². The molecule has 0 radical (unpaired) electrons. The summed E-state index contributed by atoms with van der Waals surface area (Å²) in [5.74, 6) is 0.0356. The van der Waals surface area contributed by atoms with E-state index in [0.29, 0.717) is 37.5 Å². The van der Waals surface area contributed by atoms with Gasteiger partial charge < -0.3 is 14.7 Å². The molecule has 1 saturated carbocycles. The fraction of sp³-hybridized carbons (Fsp3) is 0.500. The fourth-order valence-electron chi connectivity index (χ4n) is 6.82. The molecule has 3 fully saturated rings. The highest BCUT2D eigenvalue weighted by molar-refractivity contribution is 6.02. The second-order valence-electron chi connectivity index (χ2n) is 11.5. The van der Waals surface area contributed by atoms with Gasteiger partial charge in [-0.15, -0.1) is 0 Å². The monoisotopic (exact) mass is 503 g/mol. The standard InChI is InChI=1S/C30H34FN3O3/c1-18(2)27(33-17-21-6-3-4-8-24(21)28(33)35)30(37)34-25-14-22(25)15-26(34)29(36)32-13-5-7-20(16-32)19-9-11-23(31)12-10-19/h3-4,6,8-12,18,20,22,25-27H,5,7,13-17H2,1-2H3/t20?,22-,25+,26+,27+/m1/s1. The van der Waals surface area contributed by atoms with Crippen molar-refractivity contribution in [2.24, 2.45) is 11.8 Å². The first kappa shape index (κ1) is 24.1. The van der Waals surface area contributed by atoms with Crippen molar-refractivity contribution < 1.29 is 18.8 Å². The molecule has 0 spiro atoms. The lowest BCUT2D eigenvalue weighted by Gasteiger charge is -2.39. The lowest BCUT2D eigenvalue weighted by molar-refractivity contribution is -0.149. The van der Waals surface area contributed by atoms with E-state index in [9.17, 15) is 18.8 Å². The van der Waals surface area contributed by atoms with Crippen LogP contribution in [0.1, 0.15) is 66.9 Å². The first-order chi connectivity index (χ1) is 17.8. The molecule has 5 atom stereocenters. The van der Waals surface area contributed by atoms with Gasteiger partial charge in [-0.25, -0.2) is 4.39 Å². The van der Waals surface area contributed by atoms with E-state index in [-0.39, 0.29) is 41.4 Å². The summed E-state index contributed by atoms with van der Waals surface area (Å²) in [5, 5.41) is 0. The number of fused-ring (bicyclic) bond motifs is 2. The second kappa shape index (κ2) is 9.26. The Morgan fingerprint density at radius 1 is 1.03 bits per heavy atom. The van der Waals surface area contributed by atoms with Gasteiger partial charge in [0.25, 0.3) is 5.91 Å². The third kappa shape index (κ3) is 4.22. The molecule has 6 nitrogen and oxygen atoms in total. The van der Waals surface area contributed by atoms with Gasteiger partial charge in [-0.3, -0.25) is 14.4 Å². The Hall–Kier alpha value is -3.22. The minimum absolute atomic E-state index is 0.0194. The molecule has 3 amide bonds. The number of piperidine rings is 2. The number of benzene rings is 2. The Kier molecular flexibility index (Phi) is 6.04. The summed E-state index contributed by atoms with van der Waals surface area (Å²) in [5.41, 5.74) is 2.66. The summed E-state index contributed by atoms with van der Waals surface area (Å²) in [6.07, 6.45) is 3.48. The van der Waals surface area contributed by atoms with Crippen molar-refractivity contribution in [1.29, 1.82) is 0 Å². The maximum Gasteiger partial charge on any atom is 0.255 e. The van der Waals surface area contributed by atoms with Crippen LogP contribution in [0.5, 0.6) is 0 Å². The molecule has 0 bridgehead atoms. The summed E-state index contributed by atoms with van der Waals surface area (Å²) in [6, 6.07) is 13.2. The van der Waals surface area contributed by atoms with Gasteiger partial charge in [-0.05, 0) is 66.8 Å². The van der Waals surface area contributed by atoms with Crippen LogP contribution < -0.4 is 0 Å². The van der Waals surface area contributed by atoms with E-state index < -0.39 is 12.1 Å². The fourth-order valence-corrected chi connectivity index (χ4v) is 6.82. The SMILES string of the molecule is CC(C)[C@@H](C(=O)N1[C@H](C(=O)N2CCCC(c3ccc(F)cc3)C2)C[C@H]2C[C@@H]21)N1Cc2ccccc2C1=O. The maximum absolute atomic E-state index is 14.1. The van der Waals surface area contributed by atoms with Crippen LogP contribution in [-0.4, -0.2) is 63.6 Å². The number of rotatable bonds is 5. The molecule has 1 aliphatic carbocycles. The molecule has 0 aromatic heterocycles. The van der Waals surface area contributed by atoms with Crippen molar-refractivity contribution in [3.05, 3.63) is 71.0 Å². The van der Waals surface area contributed by atoms with Gasteiger partial charge in [0.1, 0.15) is 17.9 Å². The van der Waals surface area contributed by atoms with Crippen molar-refractivity contribution >= 4 is 17.7 Å². The van der Waals surface area contributed by atoms with Gasteiger partial charge in [-0.1, -0.05) is 44.2 Å². The van der Waals surface area contributed by atoms with Crippen LogP contribution in [0.4, 0.5) is 4.39 Å². The Labute approximate surface area is 217 Å². The number of nitrogens with zero attached hydrogens (tertiary/aromatic N) is 3. The van der Waals surface area contributed by atoms with Gasteiger partial charge in [0.2, 0.25) is 11.8 Å². The minimum atomic E-state index is -0.595. The summed E-state index contributed by atoms with van der Waals surface area (Å²) in [7, 11) is 0. The molecule has 1 unspecified atom stereocenters. The van der Waals surface area contributed by atoms with E-state index in [1.54, 1.807) is 4.90 Å². The molecule has 2 aromatic rings. The zero-order valence-electron chi connectivity index (χ0n) is 21.5. The van der Waals surface area contributed by atoms with Crippen LogP contribution in [-0.2, 0) is 16.1 Å². The van der Waals surface area contributed by atoms with Crippen molar-refractivity contribution in [3.63, 3.8) is 0 Å². The van der Waals surface area contributed by atoms with E-state index in [1.165, 1.54) is 12.1 Å². The minimum Gasteiger partial charge on any atom is -0.340 e. The zero-order valence-corrected chi connectivity index (χ0v) is 21.5. The van der Waals surface area contributed by atoms with Gasteiger partial charge in [0, 0.05) is 37.2 Å². The van der Waals surface area contributed by atoms with Crippen LogP contribution >= 0.6 is 0 Å². The highest BCUT2D eigenvalue weighted by Gasteiger charge is 2.58. The smallest absolute Gasteiger partial charge is 0.255 e. The van der Waals surface area contributed by atoms with Gasteiger partial charge in [0.05, 0.1) is 0 Å². The van der Waals surface area contributed by atoms with Crippen molar-refractivity contribution in [2.75, 3.05) is 13.1 Å².